The van der Waals surface area contributed by atoms with Crippen LogP contribution in [0.3, 0.4) is 0 Å². The smallest absolute Gasteiger partial charge is 0.244 e. The summed E-state index contributed by atoms with van der Waals surface area (Å²) in [5.41, 5.74) is 0.959. The SMILES string of the molecule is CCN(Cc1ccccc1)S(=O)(=O)c1cncc(Br)c1. The molecule has 0 atom stereocenters. The zero-order chi connectivity index (χ0) is 14.6. The van der Waals surface area contributed by atoms with Crippen molar-refractivity contribution in [3.63, 3.8) is 0 Å². The van der Waals surface area contributed by atoms with Crippen molar-refractivity contribution in [3.05, 3.63) is 58.8 Å². The average Bonchev–Trinajstić information content (AvgIpc) is 2.45. The van der Waals surface area contributed by atoms with Gasteiger partial charge in [0.25, 0.3) is 0 Å². The van der Waals surface area contributed by atoms with Crippen molar-refractivity contribution in [2.75, 3.05) is 6.54 Å². The maximum Gasteiger partial charge on any atom is 0.244 e. The second-order valence-electron chi connectivity index (χ2n) is 4.26. The van der Waals surface area contributed by atoms with Gasteiger partial charge in [-0.1, -0.05) is 37.3 Å². The fourth-order valence-electron chi connectivity index (χ4n) is 1.84. The minimum absolute atomic E-state index is 0.199. The Bertz CT molecular complexity index is 675. The molecule has 0 spiro atoms. The molecule has 0 bridgehead atoms. The second kappa shape index (κ2) is 6.47. The van der Waals surface area contributed by atoms with Gasteiger partial charge in [0.1, 0.15) is 4.90 Å². The molecule has 20 heavy (non-hydrogen) atoms. The molecule has 106 valence electrons. The highest BCUT2D eigenvalue weighted by Gasteiger charge is 2.23. The molecule has 1 aromatic carbocycles. The molecule has 0 saturated heterocycles. The van der Waals surface area contributed by atoms with E-state index in [0.717, 1.165) is 5.56 Å². The fourth-order valence-corrected chi connectivity index (χ4v) is 3.78. The number of halogens is 1. The summed E-state index contributed by atoms with van der Waals surface area (Å²) in [6.45, 7) is 2.59. The van der Waals surface area contributed by atoms with Crippen LogP contribution in [0.15, 0.2) is 58.2 Å². The first-order valence-corrected chi connectivity index (χ1v) is 8.42. The maximum atomic E-state index is 12.6. The van der Waals surface area contributed by atoms with E-state index in [0.29, 0.717) is 17.6 Å². The van der Waals surface area contributed by atoms with Gasteiger partial charge in [-0.05, 0) is 27.6 Å². The van der Waals surface area contributed by atoms with Crippen molar-refractivity contribution in [2.24, 2.45) is 0 Å². The lowest BCUT2D eigenvalue weighted by Crippen LogP contribution is -2.30. The van der Waals surface area contributed by atoms with E-state index in [4.69, 9.17) is 0 Å². The first kappa shape index (κ1) is 15.2. The van der Waals surface area contributed by atoms with Crippen LogP contribution in [0, 0.1) is 0 Å². The summed E-state index contributed by atoms with van der Waals surface area (Å²) >= 11 is 3.25. The Balaban J connectivity index is 2.31. The number of rotatable bonds is 5. The van der Waals surface area contributed by atoms with E-state index in [2.05, 4.69) is 20.9 Å². The molecule has 2 rings (SSSR count). The van der Waals surface area contributed by atoms with Gasteiger partial charge in [-0.15, -0.1) is 0 Å². The lowest BCUT2D eigenvalue weighted by atomic mass is 10.2. The first-order chi connectivity index (χ1) is 9.54. The quantitative estimate of drug-likeness (QED) is 0.828. The van der Waals surface area contributed by atoms with E-state index in [1.807, 2.05) is 37.3 Å². The molecule has 0 aliphatic carbocycles. The third kappa shape index (κ3) is 3.45. The van der Waals surface area contributed by atoms with Gasteiger partial charge in [-0.25, -0.2) is 8.42 Å². The summed E-state index contributed by atoms with van der Waals surface area (Å²) in [5.74, 6) is 0. The number of sulfonamides is 1. The van der Waals surface area contributed by atoms with Crippen LogP contribution in [-0.4, -0.2) is 24.3 Å². The number of hydrogen-bond donors (Lipinski definition) is 0. The van der Waals surface area contributed by atoms with E-state index < -0.39 is 10.0 Å². The molecule has 0 amide bonds. The van der Waals surface area contributed by atoms with Crippen molar-refractivity contribution in [1.29, 1.82) is 0 Å². The normalized spacial score (nSPS) is 11.8. The third-order valence-electron chi connectivity index (χ3n) is 2.87. The standard InChI is InChI=1S/C14H15BrN2O2S/c1-2-17(11-12-6-4-3-5-7-12)20(18,19)14-8-13(15)9-16-10-14/h3-10H,2,11H2,1H3. The van der Waals surface area contributed by atoms with Crippen molar-refractivity contribution in [1.82, 2.24) is 9.29 Å². The van der Waals surface area contributed by atoms with Crippen LogP contribution >= 0.6 is 15.9 Å². The van der Waals surface area contributed by atoms with Gasteiger partial charge >= 0.3 is 0 Å². The van der Waals surface area contributed by atoms with E-state index in [1.54, 1.807) is 12.3 Å². The van der Waals surface area contributed by atoms with Crippen molar-refractivity contribution in [2.45, 2.75) is 18.4 Å². The molecule has 0 N–H and O–H groups in total. The molecule has 2 aromatic rings. The molecule has 0 aliphatic rings. The molecule has 0 unspecified atom stereocenters. The maximum absolute atomic E-state index is 12.6. The molecule has 0 saturated carbocycles. The number of pyridine rings is 1. The molecular weight excluding hydrogens is 340 g/mol. The summed E-state index contributed by atoms with van der Waals surface area (Å²) in [6.07, 6.45) is 2.93. The molecule has 0 aliphatic heterocycles. The molecule has 6 heteroatoms. The Morgan fingerprint density at radius 1 is 1.20 bits per heavy atom. The lowest BCUT2D eigenvalue weighted by Gasteiger charge is -2.20. The Hall–Kier alpha value is -1.24. The summed E-state index contributed by atoms with van der Waals surface area (Å²) in [4.78, 5) is 4.12. The molecule has 4 nitrogen and oxygen atoms in total. The van der Waals surface area contributed by atoms with Gasteiger partial charge < -0.3 is 0 Å². The summed E-state index contributed by atoms with van der Waals surface area (Å²) < 4.78 is 27.3. The van der Waals surface area contributed by atoms with Crippen LogP contribution in [-0.2, 0) is 16.6 Å². The number of benzene rings is 1. The highest BCUT2D eigenvalue weighted by Crippen LogP contribution is 2.20. The molecule has 1 aromatic heterocycles. The minimum atomic E-state index is -3.53. The Morgan fingerprint density at radius 2 is 1.90 bits per heavy atom. The van der Waals surface area contributed by atoms with Gasteiger partial charge in [0.15, 0.2) is 0 Å². The van der Waals surface area contributed by atoms with Crippen LogP contribution in [0.25, 0.3) is 0 Å². The average molecular weight is 355 g/mol. The predicted octanol–water partition coefficient (Wildman–Crippen LogP) is 3.05. The van der Waals surface area contributed by atoms with Gasteiger partial charge in [0.05, 0.1) is 0 Å². The highest BCUT2D eigenvalue weighted by atomic mass is 79.9. The molecule has 0 radical (unpaired) electrons. The zero-order valence-electron chi connectivity index (χ0n) is 11.0. The Labute approximate surface area is 127 Å². The molecular formula is C14H15BrN2O2S. The molecule has 0 fully saturated rings. The van der Waals surface area contributed by atoms with Crippen molar-refractivity contribution < 1.29 is 8.42 Å². The lowest BCUT2D eigenvalue weighted by molar-refractivity contribution is 0.423. The second-order valence-corrected chi connectivity index (χ2v) is 7.11. The predicted molar refractivity (Wildman–Crippen MR) is 81.6 cm³/mol. The van der Waals surface area contributed by atoms with E-state index in [-0.39, 0.29) is 4.90 Å². The van der Waals surface area contributed by atoms with E-state index in [9.17, 15) is 8.42 Å². The van der Waals surface area contributed by atoms with Crippen LogP contribution in [0.1, 0.15) is 12.5 Å². The van der Waals surface area contributed by atoms with Crippen LogP contribution in [0.5, 0.6) is 0 Å². The fraction of sp³-hybridized carbons (Fsp3) is 0.214. The first-order valence-electron chi connectivity index (χ1n) is 6.18. The third-order valence-corrected chi connectivity index (χ3v) is 5.19. The Kier molecular flexibility index (Phi) is 4.91. The number of aromatic nitrogens is 1. The van der Waals surface area contributed by atoms with Gasteiger partial charge in [0, 0.05) is 30.0 Å². The van der Waals surface area contributed by atoms with Crippen molar-refractivity contribution >= 4 is 26.0 Å². The topological polar surface area (TPSA) is 50.3 Å². The van der Waals surface area contributed by atoms with Crippen molar-refractivity contribution in [3.8, 4) is 0 Å². The number of nitrogens with zero attached hydrogens (tertiary/aromatic N) is 2. The Morgan fingerprint density at radius 3 is 2.50 bits per heavy atom. The van der Waals surface area contributed by atoms with Gasteiger partial charge in [-0.3, -0.25) is 4.98 Å². The van der Waals surface area contributed by atoms with Gasteiger partial charge in [-0.2, -0.15) is 4.31 Å². The van der Waals surface area contributed by atoms with Crippen LogP contribution in [0.2, 0.25) is 0 Å². The molecule has 1 heterocycles. The van der Waals surface area contributed by atoms with E-state index in [1.165, 1.54) is 10.5 Å². The van der Waals surface area contributed by atoms with Crippen LogP contribution in [0.4, 0.5) is 0 Å². The summed E-state index contributed by atoms with van der Waals surface area (Å²) in [6, 6.07) is 11.1. The number of hydrogen-bond acceptors (Lipinski definition) is 3. The minimum Gasteiger partial charge on any atom is -0.262 e. The highest BCUT2D eigenvalue weighted by molar-refractivity contribution is 9.10. The zero-order valence-corrected chi connectivity index (χ0v) is 13.4. The van der Waals surface area contributed by atoms with Gasteiger partial charge in [0.2, 0.25) is 10.0 Å². The summed E-state index contributed by atoms with van der Waals surface area (Å²) in [5, 5.41) is 0. The largest absolute Gasteiger partial charge is 0.262 e. The summed E-state index contributed by atoms with van der Waals surface area (Å²) in [7, 11) is -3.53. The van der Waals surface area contributed by atoms with Crippen LogP contribution < -0.4 is 0 Å². The monoisotopic (exact) mass is 354 g/mol. The van der Waals surface area contributed by atoms with E-state index >= 15 is 0 Å².